The van der Waals surface area contributed by atoms with Crippen molar-refractivity contribution in [2.45, 2.75) is 6.42 Å². The Bertz CT molecular complexity index is 2460. The molecule has 4 heterocycles. The van der Waals surface area contributed by atoms with Crippen LogP contribution < -0.4 is 26.5 Å². The van der Waals surface area contributed by atoms with E-state index in [2.05, 4.69) is 27.1 Å². The molecule has 252 valence electrons. The molecule has 11 nitrogen and oxygen atoms in total. The Morgan fingerprint density at radius 3 is 2.10 bits per heavy atom. The van der Waals surface area contributed by atoms with E-state index in [1.807, 2.05) is 11.9 Å². The van der Waals surface area contributed by atoms with Crippen molar-refractivity contribution in [3.8, 4) is 0 Å². The number of amides is 1. The molecule has 1 N–H and O–H groups in total. The summed E-state index contributed by atoms with van der Waals surface area (Å²) in [7, 11) is 4.10. The number of anilines is 1. The molecule has 2 aliphatic heterocycles. The predicted molar refractivity (Wildman–Crippen MR) is 190 cm³/mol. The molecule has 12 heteroatoms. The van der Waals surface area contributed by atoms with Gasteiger partial charge in [0.2, 0.25) is 5.43 Å². The molecule has 4 aromatic carbocycles. The van der Waals surface area contributed by atoms with E-state index in [0.29, 0.717) is 61.0 Å². The fourth-order valence-electron chi connectivity index (χ4n) is 7.35. The van der Waals surface area contributed by atoms with Crippen molar-refractivity contribution in [1.82, 2.24) is 24.4 Å². The SMILES string of the molecule is CN1CCN(CCCNC(=O)c2cn3c4cc5c(=O)c6ccccc6c(=O)c5cc4oc4c(N5CCN(C)CC5)c(F)cc(c2=O)c43)CC1. The number of hydrogen-bond donors (Lipinski definition) is 1. The van der Waals surface area contributed by atoms with Gasteiger partial charge in [-0.3, -0.25) is 19.2 Å². The number of rotatable bonds is 6. The second-order valence-electron chi connectivity index (χ2n) is 13.4. The third-order valence-corrected chi connectivity index (χ3v) is 10.2. The fraction of sp³-hybridized carbons (Fsp3) is 0.351. The summed E-state index contributed by atoms with van der Waals surface area (Å²) in [5, 5.41) is 3.86. The maximum absolute atomic E-state index is 16.2. The van der Waals surface area contributed by atoms with Crippen LogP contribution in [0.5, 0.6) is 0 Å². The largest absolute Gasteiger partial charge is 0.451 e. The lowest BCUT2D eigenvalue weighted by atomic mass is 10.0. The summed E-state index contributed by atoms with van der Waals surface area (Å²) >= 11 is 0. The van der Waals surface area contributed by atoms with Crippen LogP contribution in [0, 0.1) is 5.82 Å². The Balaban J connectivity index is 1.30. The molecule has 0 aliphatic carbocycles. The van der Waals surface area contributed by atoms with Crippen molar-refractivity contribution in [2.75, 3.05) is 84.4 Å². The minimum absolute atomic E-state index is 0.00779. The lowest BCUT2D eigenvalue weighted by molar-refractivity contribution is 0.0948. The molecule has 2 aromatic heterocycles. The lowest BCUT2D eigenvalue weighted by Crippen LogP contribution is -2.45. The molecule has 0 bridgehead atoms. The van der Waals surface area contributed by atoms with Gasteiger partial charge in [0.25, 0.3) is 5.91 Å². The molecule has 2 aliphatic rings. The highest BCUT2D eigenvalue weighted by Crippen LogP contribution is 2.37. The van der Waals surface area contributed by atoms with E-state index in [1.165, 1.54) is 18.3 Å². The first-order valence-electron chi connectivity index (χ1n) is 16.8. The molecule has 8 rings (SSSR count). The number of pyridine rings is 1. The fourth-order valence-corrected chi connectivity index (χ4v) is 7.35. The van der Waals surface area contributed by atoms with E-state index in [-0.39, 0.29) is 49.4 Å². The number of benzene rings is 4. The number of carbonyl (C=O) groups excluding carboxylic acids is 1. The molecule has 49 heavy (non-hydrogen) atoms. The van der Waals surface area contributed by atoms with Crippen LogP contribution in [0.25, 0.3) is 49.1 Å². The van der Waals surface area contributed by atoms with E-state index < -0.39 is 17.2 Å². The lowest BCUT2D eigenvalue weighted by Gasteiger charge is -2.34. The maximum atomic E-state index is 16.2. The number of nitrogens with one attached hydrogen (secondary N) is 1. The van der Waals surface area contributed by atoms with Crippen molar-refractivity contribution >= 4 is 60.7 Å². The summed E-state index contributed by atoms with van der Waals surface area (Å²) < 4.78 is 24.3. The van der Waals surface area contributed by atoms with Crippen LogP contribution >= 0.6 is 0 Å². The van der Waals surface area contributed by atoms with Gasteiger partial charge in [0.15, 0.2) is 27.8 Å². The highest BCUT2D eigenvalue weighted by atomic mass is 19.1. The van der Waals surface area contributed by atoms with Crippen LogP contribution in [0.3, 0.4) is 0 Å². The van der Waals surface area contributed by atoms with Gasteiger partial charge in [-0.05, 0) is 45.3 Å². The quantitative estimate of drug-likeness (QED) is 0.163. The van der Waals surface area contributed by atoms with Crippen molar-refractivity contribution in [3.63, 3.8) is 0 Å². The normalized spacial score (nSPS) is 16.9. The molecule has 1 amide bonds. The first-order chi connectivity index (χ1) is 23.7. The molecule has 0 radical (unpaired) electrons. The van der Waals surface area contributed by atoms with Gasteiger partial charge >= 0.3 is 0 Å². The standard InChI is InChI=1S/C37H37FN6O5/c1-40-10-14-42(15-11-40)9-5-8-39-37(48)27-21-44-29-19-24-25(34(46)23-7-4-3-6-22(23)33(24)45)20-30(29)49-36-31(44)26(35(27)47)18-28(38)32(36)43-16-12-41(2)13-17-43/h3-4,6-7,18-21H,5,8-17H2,1-2H3,(H,39,48). The number of aromatic nitrogens is 1. The summed E-state index contributed by atoms with van der Waals surface area (Å²) in [6.45, 7) is 7.61. The molecule has 0 spiro atoms. The molecule has 2 fully saturated rings. The highest BCUT2D eigenvalue weighted by Gasteiger charge is 2.27. The molecule has 2 saturated heterocycles. The average Bonchev–Trinajstić information content (AvgIpc) is 3.11. The Morgan fingerprint density at radius 2 is 1.43 bits per heavy atom. The van der Waals surface area contributed by atoms with E-state index in [9.17, 15) is 19.2 Å². The Hall–Kier alpha value is -4.91. The second-order valence-corrected chi connectivity index (χ2v) is 13.4. The predicted octanol–water partition coefficient (Wildman–Crippen LogP) is 2.92. The average molecular weight is 665 g/mol. The van der Waals surface area contributed by atoms with Crippen LogP contribution in [0.2, 0.25) is 0 Å². The van der Waals surface area contributed by atoms with Gasteiger partial charge < -0.3 is 33.7 Å². The molecular weight excluding hydrogens is 627 g/mol. The van der Waals surface area contributed by atoms with E-state index in [0.717, 1.165) is 32.7 Å². The number of nitrogens with zero attached hydrogens (tertiary/aromatic N) is 5. The van der Waals surface area contributed by atoms with Crippen LogP contribution in [0.4, 0.5) is 10.1 Å². The Morgan fingerprint density at radius 1 is 0.796 bits per heavy atom. The van der Waals surface area contributed by atoms with Crippen molar-refractivity contribution < 1.29 is 13.6 Å². The summed E-state index contributed by atoms with van der Waals surface area (Å²) in [4.78, 5) is 63.5. The van der Waals surface area contributed by atoms with Gasteiger partial charge in [-0.15, -0.1) is 0 Å². The van der Waals surface area contributed by atoms with Crippen LogP contribution in [-0.4, -0.2) is 105 Å². The van der Waals surface area contributed by atoms with Gasteiger partial charge in [-0.1, -0.05) is 24.3 Å². The topological polar surface area (TPSA) is 111 Å². The van der Waals surface area contributed by atoms with Crippen molar-refractivity contribution in [3.05, 3.63) is 90.7 Å². The van der Waals surface area contributed by atoms with E-state index >= 15 is 4.39 Å². The maximum Gasteiger partial charge on any atom is 0.256 e. The van der Waals surface area contributed by atoms with Crippen LogP contribution in [0.1, 0.15) is 16.8 Å². The zero-order chi connectivity index (χ0) is 34.0. The number of piperazine rings is 2. The Kier molecular flexibility index (Phi) is 7.81. The third kappa shape index (κ3) is 5.31. The van der Waals surface area contributed by atoms with Gasteiger partial charge in [-0.2, -0.15) is 0 Å². The second kappa shape index (κ2) is 12.2. The van der Waals surface area contributed by atoms with Crippen LogP contribution in [-0.2, 0) is 0 Å². The first kappa shape index (κ1) is 31.4. The third-order valence-electron chi connectivity index (χ3n) is 10.2. The molecule has 0 unspecified atom stereocenters. The number of carbonyl (C=O) groups is 1. The van der Waals surface area contributed by atoms with E-state index in [4.69, 9.17) is 4.42 Å². The number of halogens is 1. The number of likely N-dealkylation sites (N-methyl/N-ethyl adjacent to an activating group) is 2. The van der Waals surface area contributed by atoms with Crippen LogP contribution in [0.15, 0.2) is 67.5 Å². The smallest absolute Gasteiger partial charge is 0.256 e. The summed E-state index contributed by atoms with van der Waals surface area (Å²) in [5.41, 5.74) is -0.151. The summed E-state index contributed by atoms with van der Waals surface area (Å²) in [5.74, 6) is -1.20. The van der Waals surface area contributed by atoms with Gasteiger partial charge in [0.05, 0.1) is 10.9 Å². The Labute approximate surface area is 280 Å². The minimum Gasteiger partial charge on any atom is -0.451 e. The molecule has 0 saturated carbocycles. The number of hydrogen-bond acceptors (Lipinski definition) is 9. The monoisotopic (exact) mass is 664 g/mol. The van der Waals surface area contributed by atoms with Gasteiger partial charge in [0, 0.05) is 86.6 Å². The molecule has 0 atom stereocenters. The van der Waals surface area contributed by atoms with Crippen molar-refractivity contribution in [1.29, 1.82) is 0 Å². The first-order valence-corrected chi connectivity index (χ1v) is 16.8. The van der Waals surface area contributed by atoms with Crippen molar-refractivity contribution in [2.24, 2.45) is 0 Å². The zero-order valence-electron chi connectivity index (χ0n) is 27.6. The van der Waals surface area contributed by atoms with Gasteiger partial charge in [-0.25, -0.2) is 4.39 Å². The minimum atomic E-state index is -0.637. The zero-order valence-corrected chi connectivity index (χ0v) is 27.6. The van der Waals surface area contributed by atoms with Gasteiger partial charge in [0.1, 0.15) is 16.8 Å². The van der Waals surface area contributed by atoms with E-state index in [1.54, 1.807) is 34.7 Å². The summed E-state index contributed by atoms with van der Waals surface area (Å²) in [6, 6.07) is 10.9. The molecule has 6 aromatic rings. The summed E-state index contributed by atoms with van der Waals surface area (Å²) in [6.07, 6.45) is 2.16. The molecular formula is C37H37FN6O5. The highest BCUT2D eigenvalue weighted by molar-refractivity contribution is 6.08. The number of fused-ring (bicyclic) bond motifs is 4.